The maximum absolute atomic E-state index is 13.6. The Kier molecular flexibility index (Phi) is 3.48. The van der Waals surface area contributed by atoms with Crippen LogP contribution in [0.2, 0.25) is 5.02 Å². The zero-order valence-corrected chi connectivity index (χ0v) is 10.1. The van der Waals surface area contributed by atoms with E-state index in [1.54, 1.807) is 23.1 Å². The van der Waals surface area contributed by atoms with Crippen LogP contribution in [0.25, 0.3) is 0 Å². The highest BCUT2D eigenvalue weighted by Crippen LogP contribution is 2.25. The lowest BCUT2D eigenvalue weighted by molar-refractivity contribution is -0.128. The van der Waals surface area contributed by atoms with Crippen LogP contribution in [0.15, 0.2) is 30.9 Å². The molecule has 2 nitrogen and oxygen atoms in total. The number of likely N-dealkylation sites (tertiary alicyclic amines) is 1. The second kappa shape index (κ2) is 4.88. The fourth-order valence-corrected chi connectivity index (χ4v) is 2.21. The first-order valence-corrected chi connectivity index (χ1v) is 5.83. The summed E-state index contributed by atoms with van der Waals surface area (Å²) in [5.74, 6) is -0.186. The Balaban J connectivity index is 2.16. The van der Waals surface area contributed by atoms with Crippen molar-refractivity contribution in [2.75, 3.05) is 6.54 Å². The van der Waals surface area contributed by atoms with Crippen LogP contribution in [0, 0.1) is 11.7 Å². The van der Waals surface area contributed by atoms with E-state index in [9.17, 15) is 9.18 Å². The predicted octanol–water partition coefficient (Wildman–Crippen LogP) is 3.01. The van der Waals surface area contributed by atoms with Crippen LogP contribution < -0.4 is 0 Å². The molecule has 1 unspecified atom stereocenters. The normalized spacial score (nSPS) is 19.8. The summed E-state index contributed by atoms with van der Waals surface area (Å²) in [4.78, 5) is 13.3. The van der Waals surface area contributed by atoms with Crippen LogP contribution in [0.5, 0.6) is 0 Å². The van der Waals surface area contributed by atoms with E-state index in [1.807, 2.05) is 0 Å². The van der Waals surface area contributed by atoms with Crippen LogP contribution in [0.1, 0.15) is 12.0 Å². The summed E-state index contributed by atoms with van der Waals surface area (Å²) in [5, 5.41) is 0.361. The second-order valence-corrected chi connectivity index (χ2v) is 4.58. The average Bonchev–Trinajstić information content (AvgIpc) is 2.65. The van der Waals surface area contributed by atoms with Crippen molar-refractivity contribution in [3.63, 3.8) is 0 Å². The van der Waals surface area contributed by atoms with Crippen molar-refractivity contribution >= 4 is 17.5 Å². The zero-order chi connectivity index (χ0) is 12.4. The maximum Gasteiger partial charge on any atom is 0.223 e. The highest BCUT2D eigenvalue weighted by molar-refractivity contribution is 6.31. The summed E-state index contributed by atoms with van der Waals surface area (Å²) in [7, 11) is 0. The highest BCUT2D eigenvalue weighted by atomic mass is 35.5. The molecule has 2 rings (SSSR count). The highest BCUT2D eigenvalue weighted by Gasteiger charge is 2.28. The zero-order valence-electron chi connectivity index (χ0n) is 9.33. The number of rotatable bonds is 3. The van der Waals surface area contributed by atoms with Crippen LogP contribution in [-0.2, 0) is 11.3 Å². The number of benzene rings is 1. The number of hydrogen-bond donors (Lipinski definition) is 0. The third kappa shape index (κ3) is 2.50. The van der Waals surface area contributed by atoms with Crippen LogP contribution in [0.4, 0.5) is 4.39 Å². The Morgan fingerprint density at radius 2 is 2.35 bits per heavy atom. The lowest BCUT2D eigenvalue weighted by atomic mass is 10.1. The minimum absolute atomic E-state index is 0.0224. The number of carbonyl (C=O) groups excluding carboxylic acids is 1. The van der Waals surface area contributed by atoms with E-state index in [4.69, 9.17) is 11.6 Å². The predicted molar refractivity (Wildman–Crippen MR) is 65.1 cm³/mol. The van der Waals surface area contributed by atoms with Gasteiger partial charge in [0.15, 0.2) is 0 Å². The number of amides is 1. The molecule has 0 spiro atoms. The molecule has 0 bridgehead atoms. The molecule has 1 aliphatic heterocycles. The van der Waals surface area contributed by atoms with Gasteiger partial charge in [-0.25, -0.2) is 4.39 Å². The fourth-order valence-electron chi connectivity index (χ4n) is 1.99. The summed E-state index contributed by atoms with van der Waals surface area (Å²) in [6, 6.07) is 4.54. The Bertz CT molecular complexity index is 440. The van der Waals surface area contributed by atoms with Crippen LogP contribution >= 0.6 is 11.6 Å². The molecule has 1 aliphatic rings. The van der Waals surface area contributed by atoms with Crippen molar-refractivity contribution in [2.45, 2.75) is 13.0 Å². The molecule has 4 heteroatoms. The van der Waals surface area contributed by atoms with Crippen LogP contribution in [0.3, 0.4) is 0 Å². The van der Waals surface area contributed by atoms with Crippen molar-refractivity contribution in [1.29, 1.82) is 0 Å². The molecule has 0 radical (unpaired) electrons. The smallest absolute Gasteiger partial charge is 0.223 e. The molecule has 1 fully saturated rings. The van der Waals surface area contributed by atoms with Crippen molar-refractivity contribution in [3.05, 3.63) is 47.3 Å². The van der Waals surface area contributed by atoms with Crippen molar-refractivity contribution in [3.8, 4) is 0 Å². The molecule has 90 valence electrons. The molecule has 0 aliphatic carbocycles. The molecule has 0 aromatic heterocycles. The van der Waals surface area contributed by atoms with Gasteiger partial charge in [0.05, 0.1) is 6.54 Å². The van der Waals surface area contributed by atoms with E-state index in [0.29, 0.717) is 23.6 Å². The molecule has 1 atom stereocenters. The first-order chi connectivity index (χ1) is 8.11. The van der Waals surface area contributed by atoms with Gasteiger partial charge < -0.3 is 4.90 Å². The quantitative estimate of drug-likeness (QED) is 0.759. The molecule has 1 heterocycles. The van der Waals surface area contributed by atoms with Crippen molar-refractivity contribution < 1.29 is 9.18 Å². The van der Waals surface area contributed by atoms with Gasteiger partial charge in [0.25, 0.3) is 0 Å². The third-order valence-electron chi connectivity index (χ3n) is 2.99. The van der Waals surface area contributed by atoms with E-state index in [-0.39, 0.29) is 24.2 Å². The standard InChI is InChI=1S/C13H13ClFNO/c1-2-9-6-13(17)16(7-9)8-10-11(14)4-3-5-12(10)15/h2-5,9H,1,6-8H2. The van der Waals surface area contributed by atoms with Gasteiger partial charge in [-0.15, -0.1) is 6.58 Å². The molecule has 1 aromatic rings. The van der Waals surface area contributed by atoms with E-state index >= 15 is 0 Å². The average molecular weight is 254 g/mol. The first kappa shape index (κ1) is 12.1. The third-order valence-corrected chi connectivity index (χ3v) is 3.34. The Morgan fingerprint density at radius 1 is 1.59 bits per heavy atom. The lowest BCUT2D eigenvalue weighted by Crippen LogP contribution is -2.25. The molecular formula is C13H13ClFNO. The number of halogens is 2. The summed E-state index contributed by atoms with van der Waals surface area (Å²) in [6.07, 6.45) is 2.22. The topological polar surface area (TPSA) is 20.3 Å². The van der Waals surface area contributed by atoms with Gasteiger partial charge in [0.2, 0.25) is 5.91 Å². The number of hydrogen-bond acceptors (Lipinski definition) is 1. The minimum Gasteiger partial charge on any atom is -0.338 e. The largest absolute Gasteiger partial charge is 0.338 e. The lowest BCUT2D eigenvalue weighted by Gasteiger charge is -2.17. The van der Waals surface area contributed by atoms with Gasteiger partial charge in [-0.2, -0.15) is 0 Å². The summed E-state index contributed by atoms with van der Waals surface area (Å²) >= 11 is 5.93. The minimum atomic E-state index is -0.368. The van der Waals surface area contributed by atoms with Gasteiger partial charge in [-0.1, -0.05) is 23.7 Å². The Hall–Kier alpha value is -1.35. The first-order valence-electron chi connectivity index (χ1n) is 5.45. The fraction of sp³-hybridized carbons (Fsp3) is 0.308. The van der Waals surface area contributed by atoms with Gasteiger partial charge in [0.1, 0.15) is 5.82 Å². The summed E-state index contributed by atoms with van der Waals surface area (Å²) in [6.45, 7) is 4.50. The van der Waals surface area contributed by atoms with Gasteiger partial charge in [-0.05, 0) is 12.1 Å². The molecular weight excluding hydrogens is 241 g/mol. The van der Waals surface area contributed by atoms with Gasteiger partial charge in [-0.3, -0.25) is 4.79 Å². The van der Waals surface area contributed by atoms with Crippen molar-refractivity contribution in [1.82, 2.24) is 4.90 Å². The molecule has 1 aromatic carbocycles. The van der Waals surface area contributed by atoms with E-state index in [0.717, 1.165) is 0 Å². The Morgan fingerprint density at radius 3 is 2.94 bits per heavy atom. The monoisotopic (exact) mass is 253 g/mol. The number of nitrogens with zero attached hydrogens (tertiary/aromatic N) is 1. The molecule has 1 amide bonds. The maximum atomic E-state index is 13.6. The van der Waals surface area contributed by atoms with Gasteiger partial charge >= 0.3 is 0 Å². The SMILES string of the molecule is C=CC1CC(=O)N(Cc2c(F)cccc2Cl)C1. The number of carbonyl (C=O) groups is 1. The van der Waals surface area contributed by atoms with Crippen molar-refractivity contribution in [2.24, 2.45) is 5.92 Å². The molecule has 0 N–H and O–H groups in total. The second-order valence-electron chi connectivity index (χ2n) is 4.17. The van der Waals surface area contributed by atoms with E-state index in [2.05, 4.69) is 6.58 Å². The van der Waals surface area contributed by atoms with E-state index in [1.165, 1.54) is 6.07 Å². The molecule has 17 heavy (non-hydrogen) atoms. The summed E-state index contributed by atoms with van der Waals surface area (Å²) < 4.78 is 13.6. The van der Waals surface area contributed by atoms with E-state index < -0.39 is 0 Å². The summed E-state index contributed by atoms with van der Waals surface area (Å²) in [5.41, 5.74) is 0.382. The molecule has 0 saturated carbocycles. The molecule has 1 saturated heterocycles. The Labute approximate surface area is 105 Å². The van der Waals surface area contributed by atoms with Crippen LogP contribution in [-0.4, -0.2) is 17.4 Å². The van der Waals surface area contributed by atoms with Gasteiger partial charge in [0, 0.05) is 29.5 Å².